The first-order valence-corrected chi connectivity index (χ1v) is 6.64. The summed E-state index contributed by atoms with van der Waals surface area (Å²) < 4.78 is 6.87. The monoisotopic (exact) mass is 285 g/mol. The van der Waals surface area contributed by atoms with Crippen molar-refractivity contribution < 1.29 is 9.53 Å². The van der Waals surface area contributed by atoms with Gasteiger partial charge in [0.15, 0.2) is 0 Å². The lowest BCUT2D eigenvalue weighted by Gasteiger charge is -2.03. The number of rotatable bonds is 4. The van der Waals surface area contributed by atoms with Gasteiger partial charge in [-0.15, -0.1) is 0 Å². The van der Waals surface area contributed by atoms with Crippen LogP contribution in [0.1, 0.15) is 17.0 Å². The van der Waals surface area contributed by atoms with E-state index in [1.165, 1.54) is 6.08 Å². The highest BCUT2D eigenvalue weighted by molar-refractivity contribution is 6.02. The molecule has 0 atom stereocenters. The number of aromatic nitrogens is 2. The van der Waals surface area contributed by atoms with Crippen molar-refractivity contribution in [1.29, 1.82) is 0 Å². The highest BCUT2D eigenvalue weighted by Crippen LogP contribution is 2.16. The van der Waals surface area contributed by atoms with Crippen LogP contribution in [-0.2, 0) is 11.8 Å². The number of aryl methyl sites for hydroxylation is 2. The number of ether oxygens (including phenoxy) is 1. The molecule has 5 nitrogen and oxygen atoms in total. The molecule has 0 unspecified atom stereocenters. The van der Waals surface area contributed by atoms with E-state index in [4.69, 9.17) is 4.74 Å². The van der Waals surface area contributed by atoms with Gasteiger partial charge in [-0.2, -0.15) is 5.10 Å². The number of amides is 1. The Bertz CT molecular complexity index is 670. The van der Waals surface area contributed by atoms with Crippen LogP contribution in [0.15, 0.2) is 30.3 Å². The summed E-state index contributed by atoms with van der Waals surface area (Å²) in [5.74, 6) is 0.577. The summed E-state index contributed by atoms with van der Waals surface area (Å²) in [5.41, 5.74) is 3.64. The summed E-state index contributed by atoms with van der Waals surface area (Å²) in [7, 11) is 3.49. The quantitative estimate of drug-likeness (QED) is 0.879. The van der Waals surface area contributed by atoms with Gasteiger partial charge in [-0.25, -0.2) is 0 Å². The average Bonchev–Trinajstić information content (AvgIpc) is 2.71. The fourth-order valence-corrected chi connectivity index (χ4v) is 2.05. The number of carbonyl (C=O) groups is 1. The van der Waals surface area contributed by atoms with Gasteiger partial charge in [0, 0.05) is 30.1 Å². The molecule has 2 rings (SSSR count). The van der Waals surface area contributed by atoms with Crippen molar-refractivity contribution >= 4 is 17.7 Å². The predicted molar refractivity (Wildman–Crippen MR) is 83.3 cm³/mol. The van der Waals surface area contributed by atoms with E-state index in [-0.39, 0.29) is 5.91 Å². The number of carbonyl (C=O) groups excluding carboxylic acids is 1. The largest absolute Gasteiger partial charge is 0.497 e. The summed E-state index contributed by atoms with van der Waals surface area (Å²) in [6.45, 7) is 3.90. The van der Waals surface area contributed by atoms with Gasteiger partial charge in [-0.1, -0.05) is 0 Å². The Morgan fingerprint density at radius 1 is 1.29 bits per heavy atom. The Morgan fingerprint density at radius 2 is 1.95 bits per heavy atom. The van der Waals surface area contributed by atoms with Gasteiger partial charge in [0.25, 0.3) is 0 Å². The maximum atomic E-state index is 11.9. The Labute approximate surface area is 124 Å². The van der Waals surface area contributed by atoms with E-state index in [9.17, 15) is 4.79 Å². The number of nitrogens with zero attached hydrogens (tertiary/aromatic N) is 2. The van der Waals surface area contributed by atoms with Crippen LogP contribution in [0, 0.1) is 13.8 Å². The molecule has 0 spiro atoms. The second-order valence-electron chi connectivity index (χ2n) is 4.76. The van der Waals surface area contributed by atoms with Crippen molar-refractivity contribution in [2.75, 3.05) is 12.4 Å². The third-order valence-electron chi connectivity index (χ3n) is 3.32. The van der Waals surface area contributed by atoms with E-state index in [0.29, 0.717) is 0 Å². The first-order chi connectivity index (χ1) is 10.0. The fourth-order valence-electron chi connectivity index (χ4n) is 2.05. The maximum absolute atomic E-state index is 11.9. The number of nitrogens with one attached hydrogen (secondary N) is 1. The van der Waals surface area contributed by atoms with E-state index in [1.807, 2.05) is 20.9 Å². The van der Waals surface area contributed by atoms with Crippen LogP contribution in [0.25, 0.3) is 6.08 Å². The van der Waals surface area contributed by atoms with Gasteiger partial charge in [0.1, 0.15) is 5.75 Å². The van der Waals surface area contributed by atoms with Gasteiger partial charge in [-0.05, 0) is 44.2 Å². The highest BCUT2D eigenvalue weighted by Gasteiger charge is 2.06. The van der Waals surface area contributed by atoms with Crippen molar-refractivity contribution in [3.05, 3.63) is 47.3 Å². The molecule has 5 heteroatoms. The van der Waals surface area contributed by atoms with Crippen LogP contribution in [-0.4, -0.2) is 22.8 Å². The minimum Gasteiger partial charge on any atom is -0.497 e. The molecule has 0 saturated heterocycles. The minimum atomic E-state index is -0.178. The van der Waals surface area contributed by atoms with Crippen molar-refractivity contribution in [1.82, 2.24) is 9.78 Å². The molecule has 2 aromatic rings. The van der Waals surface area contributed by atoms with Gasteiger partial charge in [-0.3, -0.25) is 9.48 Å². The Hall–Kier alpha value is -2.56. The third kappa shape index (κ3) is 3.51. The molecule has 0 radical (unpaired) electrons. The van der Waals surface area contributed by atoms with E-state index < -0.39 is 0 Å². The number of hydrogen-bond acceptors (Lipinski definition) is 3. The lowest BCUT2D eigenvalue weighted by Crippen LogP contribution is -2.07. The van der Waals surface area contributed by atoms with Crippen molar-refractivity contribution in [3.63, 3.8) is 0 Å². The highest BCUT2D eigenvalue weighted by atomic mass is 16.5. The second kappa shape index (κ2) is 6.26. The Morgan fingerprint density at radius 3 is 2.48 bits per heavy atom. The number of methoxy groups -OCH3 is 1. The van der Waals surface area contributed by atoms with Crippen LogP contribution in [0.4, 0.5) is 5.69 Å². The summed E-state index contributed by atoms with van der Waals surface area (Å²) in [4.78, 5) is 11.9. The molecular weight excluding hydrogens is 266 g/mol. The zero-order valence-corrected chi connectivity index (χ0v) is 12.7. The molecule has 21 heavy (non-hydrogen) atoms. The molecule has 1 aromatic heterocycles. The van der Waals surface area contributed by atoms with E-state index >= 15 is 0 Å². The third-order valence-corrected chi connectivity index (χ3v) is 3.32. The number of anilines is 1. The van der Waals surface area contributed by atoms with Crippen LogP contribution in [0.5, 0.6) is 5.75 Å². The summed E-state index contributed by atoms with van der Waals surface area (Å²) in [6.07, 6.45) is 3.30. The lowest BCUT2D eigenvalue weighted by molar-refractivity contribution is -0.111. The first kappa shape index (κ1) is 14.8. The van der Waals surface area contributed by atoms with E-state index in [1.54, 1.807) is 42.1 Å². The van der Waals surface area contributed by atoms with Crippen LogP contribution >= 0.6 is 0 Å². The molecule has 0 aliphatic heterocycles. The Kier molecular flexibility index (Phi) is 4.42. The number of hydrogen-bond donors (Lipinski definition) is 1. The molecule has 0 aliphatic carbocycles. The van der Waals surface area contributed by atoms with Crippen LogP contribution < -0.4 is 10.1 Å². The van der Waals surface area contributed by atoms with Crippen molar-refractivity contribution in [3.8, 4) is 5.75 Å². The predicted octanol–water partition coefficient (Wildman–Crippen LogP) is 2.70. The van der Waals surface area contributed by atoms with Crippen molar-refractivity contribution in [2.24, 2.45) is 7.05 Å². The normalized spacial score (nSPS) is 10.9. The number of benzene rings is 1. The summed E-state index contributed by atoms with van der Waals surface area (Å²) in [5, 5.41) is 7.11. The van der Waals surface area contributed by atoms with Crippen LogP contribution in [0.2, 0.25) is 0 Å². The van der Waals surface area contributed by atoms with Gasteiger partial charge >= 0.3 is 0 Å². The SMILES string of the molecule is COc1ccc(NC(=O)/C=C/c2c(C)nn(C)c2C)cc1. The first-order valence-electron chi connectivity index (χ1n) is 6.64. The maximum Gasteiger partial charge on any atom is 0.248 e. The second-order valence-corrected chi connectivity index (χ2v) is 4.76. The molecule has 1 N–H and O–H groups in total. The van der Waals surface area contributed by atoms with Gasteiger partial charge in [0.2, 0.25) is 5.91 Å². The molecule has 1 heterocycles. The zero-order chi connectivity index (χ0) is 15.4. The molecule has 0 bridgehead atoms. The van der Waals surface area contributed by atoms with E-state index in [0.717, 1.165) is 28.4 Å². The standard InChI is InChI=1S/C16H19N3O2/c1-11-15(12(2)19(3)18-11)9-10-16(20)17-13-5-7-14(21-4)8-6-13/h5-10H,1-4H3,(H,17,20)/b10-9+. The molecule has 110 valence electrons. The van der Waals surface area contributed by atoms with Crippen LogP contribution in [0.3, 0.4) is 0 Å². The fraction of sp³-hybridized carbons (Fsp3) is 0.250. The molecule has 1 aromatic carbocycles. The Balaban J connectivity index is 2.05. The molecule has 1 amide bonds. The molecular formula is C16H19N3O2. The van der Waals surface area contributed by atoms with Crippen molar-refractivity contribution in [2.45, 2.75) is 13.8 Å². The summed E-state index contributed by atoms with van der Waals surface area (Å²) >= 11 is 0. The lowest BCUT2D eigenvalue weighted by atomic mass is 10.2. The van der Waals surface area contributed by atoms with Gasteiger partial charge in [0.05, 0.1) is 12.8 Å². The topological polar surface area (TPSA) is 56.1 Å². The minimum absolute atomic E-state index is 0.178. The molecule has 0 fully saturated rings. The zero-order valence-electron chi connectivity index (χ0n) is 12.7. The van der Waals surface area contributed by atoms with Gasteiger partial charge < -0.3 is 10.1 Å². The molecule has 0 aliphatic rings. The average molecular weight is 285 g/mol. The van der Waals surface area contributed by atoms with E-state index in [2.05, 4.69) is 10.4 Å². The summed E-state index contributed by atoms with van der Waals surface area (Å²) in [6, 6.07) is 7.19. The molecule has 0 saturated carbocycles. The smallest absolute Gasteiger partial charge is 0.248 e.